The Labute approximate surface area is 167 Å². The summed E-state index contributed by atoms with van der Waals surface area (Å²) in [5.74, 6) is -0.458. The molecule has 0 saturated carbocycles. The van der Waals surface area contributed by atoms with Crippen LogP contribution < -0.4 is 5.43 Å². The molecule has 1 aromatic rings. The topological polar surface area (TPSA) is 61.9 Å². The average Bonchev–Trinajstić information content (AvgIpc) is 3.12. The van der Waals surface area contributed by atoms with Crippen LogP contribution in [0.15, 0.2) is 36.0 Å². The first-order valence-corrected chi connectivity index (χ1v) is 10.3. The highest BCUT2D eigenvalue weighted by Gasteiger charge is 2.41. The molecular formula is C22H31N3O3. The van der Waals surface area contributed by atoms with E-state index < -0.39 is 0 Å². The molecule has 2 unspecified atom stereocenters. The van der Waals surface area contributed by atoms with Crippen molar-refractivity contribution in [3.8, 4) is 0 Å². The molecular weight excluding hydrogens is 354 g/mol. The van der Waals surface area contributed by atoms with Crippen molar-refractivity contribution in [2.24, 2.45) is 0 Å². The van der Waals surface area contributed by atoms with Gasteiger partial charge >= 0.3 is 5.97 Å². The zero-order chi connectivity index (χ0) is 20.1. The first-order chi connectivity index (χ1) is 13.5. The number of hydrogen-bond donors (Lipinski definition) is 1. The molecule has 28 heavy (non-hydrogen) atoms. The molecule has 2 heterocycles. The number of fused-ring (bicyclic) bond motifs is 1. The molecule has 2 atom stereocenters. The number of esters is 1. The van der Waals surface area contributed by atoms with Crippen molar-refractivity contribution >= 4 is 11.9 Å². The number of nitrogens with zero attached hydrogens (tertiary/aromatic N) is 2. The molecule has 2 aliphatic rings. The Morgan fingerprint density at radius 1 is 1.21 bits per heavy atom. The molecule has 3 rings (SSSR count). The Balaban J connectivity index is 1.80. The quantitative estimate of drug-likeness (QED) is 0.550. The van der Waals surface area contributed by atoms with E-state index >= 15 is 0 Å². The number of hydrogen-bond acceptors (Lipinski definition) is 5. The van der Waals surface area contributed by atoms with Gasteiger partial charge in [0.2, 0.25) is 0 Å². The van der Waals surface area contributed by atoms with Gasteiger partial charge in [0.15, 0.2) is 0 Å². The second kappa shape index (κ2) is 9.24. The van der Waals surface area contributed by atoms with Crippen LogP contribution >= 0.6 is 0 Å². The number of amides is 1. The minimum Gasteiger partial charge on any atom is -0.465 e. The number of carbonyl (C=O) groups excluding carboxylic acids is 2. The van der Waals surface area contributed by atoms with Crippen LogP contribution in [0.2, 0.25) is 0 Å². The first-order valence-electron chi connectivity index (χ1n) is 10.3. The van der Waals surface area contributed by atoms with Crippen molar-refractivity contribution < 1.29 is 14.3 Å². The van der Waals surface area contributed by atoms with Gasteiger partial charge in [-0.3, -0.25) is 14.6 Å². The van der Waals surface area contributed by atoms with Gasteiger partial charge < -0.3 is 9.64 Å². The van der Waals surface area contributed by atoms with Gasteiger partial charge in [0, 0.05) is 6.54 Å². The van der Waals surface area contributed by atoms with Crippen LogP contribution in [0.25, 0.3) is 0 Å². The van der Waals surface area contributed by atoms with E-state index in [1.54, 1.807) is 11.8 Å². The van der Waals surface area contributed by atoms with Crippen LogP contribution in [0.5, 0.6) is 0 Å². The van der Waals surface area contributed by atoms with E-state index in [1.807, 2.05) is 11.1 Å². The molecule has 152 valence electrons. The molecule has 1 aromatic carbocycles. The van der Waals surface area contributed by atoms with Gasteiger partial charge in [0.05, 0.1) is 18.7 Å². The molecule has 0 aromatic heterocycles. The van der Waals surface area contributed by atoms with E-state index in [4.69, 9.17) is 4.74 Å². The monoisotopic (exact) mass is 385 g/mol. The molecule has 1 amide bonds. The maximum Gasteiger partial charge on any atom is 0.325 e. The van der Waals surface area contributed by atoms with Crippen molar-refractivity contribution in [2.75, 3.05) is 19.7 Å². The SMILES string of the molecule is CCCCCC1CN(CC(=O)OCC)C(=O)C2=CC(c3ccc(C)cc3)NN21. The number of hydrazine groups is 1. The van der Waals surface area contributed by atoms with Crippen LogP contribution in [0.4, 0.5) is 0 Å². The molecule has 1 N–H and O–H groups in total. The van der Waals surface area contributed by atoms with Crippen LogP contribution in [0.3, 0.4) is 0 Å². The van der Waals surface area contributed by atoms with Gasteiger partial charge in [-0.1, -0.05) is 56.0 Å². The van der Waals surface area contributed by atoms with Crippen LogP contribution in [0, 0.1) is 6.92 Å². The number of ether oxygens (including phenoxy) is 1. The van der Waals surface area contributed by atoms with Crippen LogP contribution in [-0.2, 0) is 14.3 Å². The van der Waals surface area contributed by atoms with Gasteiger partial charge in [-0.15, -0.1) is 0 Å². The van der Waals surface area contributed by atoms with Gasteiger partial charge in [-0.2, -0.15) is 0 Å². The van der Waals surface area contributed by atoms with Crippen molar-refractivity contribution in [1.29, 1.82) is 0 Å². The Morgan fingerprint density at radius 3 is 2.64 bits per heavy atom. The largest absolute Gasteiger partial charge is 0.465 e. The molecule has 6 heteroatoms. The predicted octanol–water partition coefficient (Wildman–Crippen LogP) is 3.09. The minimum absolute atomic E-state index is 0.0112. The Kier molecular flexibility index (Phi) is 6.73. The highest BCUT2D eigenvalue weighted by atomic mass is 16.5. The van der Waals surface area contributed by atoms with E-state index in [9.17, 15) is 9.59 Å². The molecule has 0 aliphatic carbocycles. The summed E-state index contributed by atoms with van der Waals surface area (Å²) in [7, 11) is 0. The molecule has 6 nitrogen and oxygen atoms in total. The van der Waals surface area contributed by atoms with Crippen molar-refractivity contribution in [3.05, 3.63) is 47.2 Å². The molecule has 1 saturated heterocycles. The molecule has 0 bridgehead atoms. The van der Waals surface area contributed by atoms with Crippen LogP contribution in [0.1, 0.15) is 56.7 Å². The maximum absolute atomic E-state index is 13.0. The lowest BCUT2D eigenvalue weighted by atomic mass is 10.0. The van der Waals surface area contributed by atoms with E-state index in [2.05, 4.69) is 43.5 Å². The summed E-state index contributed by atoms with van der Waals surface area (Å²) in [5.41, 5.74) is 6.49. The summed E-state index contributed by atoms with van der Waals surface area (Å²) in [6.07, 6.45) is 6.38. The number of benzene rings is 1. The van der Waals surface area contributed by atoms with Crippen molar-refractivity contribution in [3.63, 3.8) is 0 Å². The number of aryl methyl sites for hydroxylation is 1. The number of carbonyl (C=O) groups is 2. The molecule has 1 fully saturated rings. The lowest BCUT2D eigenvalue weighted by molar-refractivity contribution is -0.150. The van der Waals surface area contributed by atoms with Crippen LogP contribution in [-0.4, -0.2) is 47.5 Å². The summed E-state index contributed by atoms with van der Waals surface area (Å²) in [6, 6.07) is 8.47. The first kappa shape index (κ1) is 20.4. The molecule has 0 spiro atoms. The molecule has 2 aliphatic heterocycles. The summed E-state index contributed by atoms with van der Waals surface area (Å²) in [5, 5.41) is 2.03. The molecule has 0 radical (unpaired) electrons. The summed E-state index contributed by atoms with van der Waals surface area (Å²) in [6.45, 7) is 6.90. The van der Waals surface area contributed by atoms with E-state index in [0.29, 0.717) is 18.8 Å². The third-order valence-corrected chi connectivity index (χ3v) is 5.37. The standard InChI is InChI=1S/C22H31N3O3/c1-4-6-7-8-18-14-24(15-21(26)28-5-2)22(27)20-13-19(23-25(18)20)17-11-9-16(3)10-12-17/h9-13,18-19,23H,4-8,14-15H2,1-3H3. The van der Waals surface area contributed by atoms with Gasteiger partial charge in [0.1, 0.15) is 12.2 Å². The number of nitrogens with one attached hydrogen (secondary N) is 1. The fraction of sp³-hybridized carbons (Fsp3) is 0.545. The number of unbranched alkanes of at least 4 members (excludes halogenated alkanes) is 2. The fourth-order valence-electron chi connectivity index (χ4n) is 3.85. The zero-order valence-electron chi connectivity index (χ0n) is 17.1. The second-order valence-electron chi connectivity index (χ2n) is 7.58. The fourth-order valence-corrected chi connectivity index (χ4v) is 3.85. The third kappa shape index (κ3) is 4.55. The Bertz CT molecular complexity index is 729. The summed E-state index contributed by atoms with van der Waals surface area (Å²) in [4.78, 5) is 26.6. The van der Waals surface area contributed by atoms with Gasteiger partial charge in [-0.05, 0) is 31.9 Å². The van der Waals surface area contributed by atoms with Crippen molar-refractivity contribution in [2.45, 2.75) is 58.5 Å². The summed E-state index contributed by atoms with van der Waals surface area (Å²) >= 11 is 0. The van der Waals surface area contributed by atoms with E-state index in [0.717, 1.165) is 31.2 Å². The average molecular weight is 386 g/mol. The highest BCUT2D eigenvalue weighted by molar-refractivity contribution is 5.96. The lowest BCUT2D eigenvalue weighted by Gasteiger charge is -2.41. The second-order valence-corrected chi connectivity index (χ2v) is 7.58. The zero-order valence-corrected chi connectivity index (χ0v) is 17.1. The summed E-state index contributed by atoms with van der Waals surface area (Å²) < 4.78 is 5.06. The predicted molar refractivity (Wildman–Crippen MR) is 108 cm³/mol. The third-order valence-electron chi connectivity index (χ3n) is 5.37. The highest BCUT2D eigenvalue weighted by Crippen LogP contribution is 2.32. The number of rotatable bonds is 8. The van der Waals surface area contributed by atoms with E-state index in [1.165, 1.54) is 5.56 Å². The van der Waals surface area contributed by atoms with Gasteiger partial charge in [-0.25, -0.2) is 5.43 Å². The Hall–Kier alpha value is -2.34. The Morgan fingerprint density at radius 2 is 1.96 bits per heavy atom. The van der Waals surface area contributed by atoms with E-state index in [-0.39, 0.29) is 30.5 Å². The number of piperazine rings is 1. The minimum atomic E-state index is -0.349. The van der Waals surface area contributed by atoms with Crippen molar-refractivity contribution in [1.82, 2.24) is 15.3 Å². The maximum atomic E-state index is 13.0. The van der Waals surface area contributed by atoms with Gasteiger partial charge in [0.25, 0.3) is 5.91 Å². The smallest absolute Gasteiger partial charge is 0.325 e. The normalized spacial score (nSPS) is 21.5. The lowest BCUT2D eigenvalue weighted by Crippen LogP contribution is -2.57.